The molecule has 2 bridgehead atoms. The number of nitrogens with zero attached hydrogens (tertiary/aromatic N) is 2. The Balaban J connectivity index is 1.53. The van der Waals surface area contributed by atoms with E-state index >= 15 is 0 Å². The number of aromatic nitrogens is 1. The summed E-state index contributed by atoms with van der Waals surface area (Å²) in [6.45, 7) is 0. The summed E-state index contributed by atoms with van der Waals surface area (Å²) in [7, 11) is 2.24. The van der Waals surface area contributed by atoms with Gasteiger partial charge in [-0.25, -0.2) is 9.78 Å². The molecule has 0 aliphatic carbocycles. The molecule has 2 fully saturated rings. The minimum absolute atomic E-state index is 0.367. The fraction of sp³-hybridized carbons (Fsp3) is 0.500. The molecule has 4 heterocycles. The molecule has 2 aromatic rings. The van der Waals surface area contributed by atoms with Crippen molar-refractivity contribution >= 4 is 33.2 Å². The number of carboxylic acids is 1. The SMILES string of the molecule is CN1C2CC[C@H]1CC(Nc1cc3cc(C(=O)O)sc3cn1)C2. The number of aromatic carboxylic acids is 1. The maximum absolute atomic E-state index is 11.1. The third-order valence-corrected chi connectivity index (χ3v) is 6.14. The van der Waals surface area contributed by atoms with E-state index in [0.717, 1.165) is 28.7 Å². The minimum Gasteiger partial charge on any atom is -0.477 e. The Morgan fingerprint density at radius 1 is 1.36 bits per heavy atom. The fourth-order valence-electron chi connectivity index (χ4n) is 3.87. The molecule has 2 unspecified atom stereocenters. The molecular formula is C16H19N3O2S. The molecule has 116 valence electrons. The normalized spacial score (nSPS) is 28.1. The zero-order valence-electron chi connectivity index (χ0n) is 12.5. The minimum atomic E-state index is -0.873. The lowest BCUT2D eigenvalue weighted by Gasteiger charge is -2.36. The van der Waals surface area contributed by atoms with E-state index in [4.69, 9.17) is 5.11 Å². The molecule has 0 amide bonds. The van der Waals surface area contributed by atoms with Gasteiger partial charge in [0, 0.05) is 24.3 Å². The van der Waals surface area contributed by atoms with Crippen LogP contribution in [-0.2, 0) is 0 Å². The molecule has 2 aliphatic rings. The van der Waals surface area contributed by atoms with Gasteiger partial charge in [0.1, 0.15) is 10.7 Å². The Hall–Kier alpha value is -1.66. The fourth-order valence-corrected chi connectivity index (χ4v) is 4.72. The number of carboxylic acid groups (broad SMARTS) is 1. The van der Waals surface area contributed by atoms with Gasteiger partial charge in [-0.15, -0.1) is 11.3 Å². The van der Waals surface area contributed by atoms with Crippen molar-refractivity contribution in [2.45, 2.75) is 43.8 Å². The number of fused-ring (bicyclic) bond motifs is 3. The zero-order valence-corrected chi connectivity index (χ0v) is 13.3. The third-order valence-electron chi connectivity index (χ3n) is 5.07. The van der Waals surface area contributed by atoms with Gasteiger partial charge in [0.2, 0.25) is 0 Å². The second-order valence-electron chi connectivity index (χ2n) is 6.39. The van der Waals surface area contributed by atoms with E-state index in [1.54, 1.807) is 12.3 Å². The van der Waals surface area contributed by atoms with Crippen LogP contribution in [0, 0.1) is 0 Å². The van der Waals surface area contributed by atoms with E-state index in [1.807, 2.05) is 6.07 Å². The number of carbonyl (C=O) groups is 1. The van der Waals surface area contributed by atoms with Gasteiger partial charge < -0.3 is 15.3 Å². The number of nitrogens with one attached hydrogen (secondary N) is 1. The number of hydrogen-bond acceptors (Lipinski definition) is 5. The quantitative estimate of drug-likeness (QED) is 0.911. The van der Waals surface area contributed by atoms with E-state index in [2.05, 4.69) is 22.2 Å². The van der Waals surface area contributed by atoms with Crippen LogP contribution in [0.5, 0.6) is 0 Å². The molecular weight excluding hydrogens is 298 g/mol. The highest BCUT2D eigenvalue weighted by molar-refractivity contribution is 7.20. The molecule has 2 N–H and O–H groups in total. The van der Waals surface area contributed by atoms with Gasteiger partial charge in [0.25, 0.3) is 0 Å². The molecule has 2 aliphatic heterocycles. The first-order valence-electron chi connectivity index (χ1n) is 7.71. The Bertz CT molecular complexity index is 715. The average Bonchev–Trinajstić information content (AvgIpc) is 2.97. The Kier molecular flexibility index (Phi) is 3.31. The van der Waals surface area contributed by atoms with Crippen molar-refractivity contribution in [2.75, 3.05) is 12.4 Å². The molecule has 3 atom stereocenters. The summed E-state index contributed by atoms with van der Waals surface area (Å²) in [6, 6.07) is 5.56. The van der Waals surface area contributed by atoms with Gasteiger partial charge in [-0.05, 0) is 50.2 Å². The van der Waals surface area contributed by atoms with Crippen LogP contribution in [0.1, 0.15) is 35.4 Å². The van der Waals surface area contributed by atoms with Crippen LogP contribution in [-0.4, -0.2) is 46.1 Å². The molecule has 0 spiro atoms. The van der Waals surface area contributed by atoms with E-state index < -0.39 is 5.97 Å². The number of hydrogen-bond donors (Lipinski definition) is 2. The van der Waals surface area contributed by atoms with Gasteiger partial charge in [0.05, 0.1) is 4.70 Å². The second kappa shape index (κ2) is 5.21. The average molecular weight is 317 g/mol. The first kappa shape index (κ1) is 14.0. The lowest BCUT2D eigenvalue weighted by Crippen LogP contribution is -2.44. The van der Waals surface area contributed by atoms with Gasteiger partial charge in [-0.2, -0.15) is 0 Å². The van der Waals surface area contributed by atoms with E-state index in [9.17, 15) is 4.79 Å². The molecule has 0 aromatic carbocycles. The predicted octanol–water partition coefficient (Wildman–Crippen LogP) is 3.03. The molecule has 0 saturated carbocycles. The molecule has 6 heteroatoms. The molecule has 5 nitrogen and oxygen atoms in total. The number of pyridine rings is 1. The monoisotopic (exact) mass is 317 g/mol. The summed E-state index contributed by atoms with van der Waals surface area (Å²) in [4.78, 5) is 18.4. The first-order chi connectivity index (χ1) is 10.6. The van der Waals surface area contributed by atoms with Crippen LogP contribution in [0.4, 0.5) is 5.82 Å². The van der Waals surface area contributed by atoms with Crippen molar-refractivity contribution in [3.05, 3.63) is 23.2 Å². The summed E-state index contributed by atoms with van der Waals surface area (Å²) in [5, 5.41) is 13.6. The lowest BCUT2D eigenvalue weighted by atomic mass is 9.98. The number of piperidine rings is 1. The number of thiophene rings is 1. The summed E-state index contributed by atoms with van der Waals surface area (Å²) in [5.74, 6) is -0.0150. The van der Waals surface area contributed by atoms with Crippen LogP contribution in [0.15, 0.2) is 18.3 Å². The highest BCUT2D eigenvalue weighted by Crippen LogP contribution is 2.35. The maximum atomic E-state index is 11.1. The van der Waals surface area contributed by atoms with Gasteiger partial charge in [-0.1, -0.05) is 0 Å². The molecule has 0 radical (unpaired) electrons. The summed E-state index contributed by atoms with van der Waals surface area (Å²) >= 11 is 1.27. The molecule has 4 rings (SSSR count). The number of rotatable bonds is 3. The van der Waals surface area contributed by atoms with Crippen LogP contribution >= 0.6 is 11.3 Å². The summed E-state index contributed by atoms with van der Waals surface area (Å²) in [5.41, 5.74) is 0. The van der Waals surface area contributed by atoms with Crippen molar-refractivity contribution in [1.82, 2.24) is 9.88 Å². The third kappa shape index (κ3) is 2.36. The molecule has 2 aromatic heterocycles. The van der Waals surface area contributed by atoms with Crippen molar-refractivity contribution in [3.8, 4) is 0 Å². The Morgan fingerprint density at radius 3 is 2.77 bits per heavy atom. The van der Waals surface area contributed by atoms with E-state index in [1.165, 1.54) is 24.2 Å². The van der Waals surface area contributed by atoms with Crippen molar-refractivity contribution in [2.24, 2.45) is 0 Å². The van der Waals surface area contributed by atoms with Crippen molar-refractivity contribution < 1.29 is 9.90 Å². The predicted molar refractivity (Wildman–Crippen MR) is 87.8 cm³/mol. The smallest absolute Gasteiger partial charge is 0.345 e. The highest BCUT2D eigenvalue weighted by atomic mass is 32.1. The molecule has 22 heavy (non-hydrogen) atoms. The van der Waals surface area contributed by atoms with E-state index in [0.29, 0.717) is 23.0 Å². The maximum Gasteiger partial charge on any atom is 0.345 e. The van der Waals surface area contributed by atoms with Crippen LogP contribution in [0.25, 0.3) is 10.1 Å². The van der Waals surface area contributed by atoms with Crippen LogP contribution in [0.2, 0.25) is 0 Å². The van der Waals surface area contributed by atoms with Crippen LogP contribution < -0.4 is 5.32 Å². The Morgan fingerprint density at radius 2 is 2.09 bits per heavy atom. The zero-order chi connectivity index (χ0) is 15.3. The largest absolute Gasteiger partial charge is 0.477 e. The van der Waals surface area contributed by atoms with Gasteiger partial charge in [0.15, 0.2) is 0 Å². The van der Waals surface area contributed by atoms with Crippen LogP contribution in [0.3, 0.4) is 0 Å². The van der Waals surface area contributed by atoms with Crippen molar-refractivity contribution in [1.29, 1.82) is 0 Å². The van der Waals surface area contributed by atoms with E-state index in [-0.39, 0.29) is 0 Å². The lowest BCUT2D eigenvalue weighted by molar-refractivity contribution is 0.0702. The first-order valence-corrected chi connectivity index (χ1v) is 8.53. The second-order valence-corrected chi connectivity index (χ2v) is 7.47. The topological polar surface area (TPSA) is 65.5 Å². The summed E-state index contributed by atoms with van der Waals surface area (Å²) in [6.07, 6.45) is 6.71. The highest BCUT2D eigenvalue weighted by Gasteiger charge is 2.38. The van der Waals surface area contributed by atoms with Crippen molar-refractivity contribution in [3.63, 3.8) is 0 Å². The molecule has 2 saturated heterocycles. The van der Waals surface area contributed by atoms with Gasteiger partial charge in [-0.3, -0.25) is 0 Å². The summed E-state index contributed by atoms with van der Waals surface area (Å²) < 4.78 is 0.923. The van der Waals surface area contributed by atoms with Gasteiger partial charge >= 0.3 is 5.97 Å². The Labute approximate surface area is 133 Å². The number of anilines is 1. The standard InChI is InChI=1S/C16H19N3O2S/c1-19-11-2-3-12(19)7-10(6-11)18-15-5-9-4-13(16(20)21)22-14(9)8-17-15/h4-5,8,10-12H,2-3,6-7H2,1H3,(H,17,18)(H,20,21)/t10?,11-,12?/m0/s1.